The van der Waals surface area contributed by atoms with Crippen molar-refractivity contribution in [2.75, 3.05) is 0 Å². The maximum Gasteiger partial charge on any atom is 0.160 e. The zero-order valence-corrected chi connectivity index (χ0v) is 12.3. The summed E-state index contributed by atoms with van der Waals surface area (Å²) in [6.45, 7) is 4.39. The molecule has 2 fully saturated rings. The van der Waals surface area contributed by atoms with Gasteiger partial charge in [-0.1, -0.05) is 26.1 Å². The number of imidazole rings is 1. The molecule has 0 saturated heterocycles. The average Bonchev–Trinajstić information content (AvgIpc) is 2.98. The Kier molecular flexibility index (Phi) is 2.17. The number of nitrogens with one attached hydrogen (secondary N) is 2. The fourth-order valence-electron chi connectivity index (χ4n) is 4.28. The van der Waals surface area contributed by atoms with E-state index in [0.29, 0.717) is 28.4 Å². The van der Waals surface area contributed by atoms with Crippen molar-refractivity contribution >= 4 is 29.2 Å². The Hall–Kier alpha value is -1.56. The lowest BCUT2D eigenvalue weighted by Crippen LogP contribution is -2.41. The SMILES string of the molecule is CC1(C)C2CCC1(c1nc3[nH]cnc(=S)c3[nH]1)C(=O)C2. The molecule has 20 heavy (non-hydrogen) atoms. The Morgan fingerprint density at radius 2 is 2.25 bits per heavy atom. The van der Waals surface area contributed by atoms with Crippen LogP contribution in [-0.2, 0) is 10.2 Å². The van der Waals surface area contributed by atoms with Gasteiger partial charge in [-0.15, -0.1) is 0 Å². The summed E-state index contributed by atoms with van der Waals surface area (Å²) >= 11 is 5.22. The van der Waals surface area contributed by atoms with E-state index in [2.05, 4.69) is 33.8 Å². The lowest BCUT2D eigenvalue weighted by atomic mass is 9.68. The summed E-state index contributed by atoms with van der Waals surface area (Å²) in [5.41, 5.74) is 0.887. The minimum absolute atomic E-state index is 0.0486. The van der Waals surface area contributed by atoms with Crippen LogP contribution in [0.4, 0.5) is 0 Å². The van der Waals surface area contributed by atoms with Gasteiger partial charge in [0.05, 0.1) is 11.7 Å². The number of hydrogen-bond donors (Lipinski definition) is 2. The molecule has 2 aromatic heterocycles. The number of aromatic nitrogens is 4. The number of carbonyl (C=O) groups is 1. The topological polar surface area (TPSA) is 74.4 Å². The largest absolute Gasteiger partial charge is 0.337 e. The Bertz CT molecular complexity index is 790. The molecule has 2 aliphatic carbocycles. The van der Waals surface area contributed by atoms with Crippen molar-refractivity contribution in [1.82, 2.24) is 19.9 Å². The van der Waals surface area contributed by atoms with E-state index in [1.807, 2.05) is 0 Å². The number of carbonyl (C=O) groups excluding carboxylic acids is 1. The van der Waals surface area contributed by atoms with Crippen LogP contribution in [0.15, 0.2) is 6.33 Å². The normalized spacial score (nSPS) is 31.3. The summed E-state index contributed by atoms with van der Waals surface area (Å²) in [5.74, 6) is 1.54. The molecule has 5 nitrogen and oxygen atoms in total. The quantitative estimate of drug-likeness (QED) is 0.791. The zero-order chi connectivity index (χ0) is 14.1. The van der Waals surface area contributed by atoms with Crippen LogP contribution in [0.2, 0.25) is 0 Å². The summed E-state index contributed by atoms with van der Waals surface area (Å²) in [6, 6.07) is 0. The van der Waals surface area contributed by atoms with Crippen LogP contribution in [-0.4, -0.2) is 25.7 Å². The highest BCUT2D eigenvalue weighted by Gasteiger charge is 2.66. The van der Waals surface area contributed by atoms with Crippen molar-refractivity contribution in [3.8, 4) is 0 Å². The molecule has 0 aliphatic heterocycles. The summed E-state index contributed by atoms with van der Waals surface area (Å²) in [6.07, 6.45) is 4.20. The highest BCUT2D eigenvalue weighted by atomic mass is 32.1. The van der Waals surface area contributed by atoms with E-state index >= 15 is 0 Å². The predicted octanol–water partition coefficient (Wildman–Crippen LogP) is 2.66. The smallest absolute Gasteiger partial charge is 0.160 e. The van der Waals surface area contributed by atoms with Crippen molar-refractivity contribution in [3.05, 3.63) is 16.8 Å². The Labute approximate surface area is 121 Å². The molecule has 0 amide bonds. The van der Waals surface area contributed by atoms with Crippen LogP contribution >= 0.6 is 12.2 Å². The number of ketones is 1. The van der Waals surface area contributed by atoms with Crippen molar-refractivity contribution in [2.45, 2.75) is 38.5 Å². The first-order valence-corrected chi connectivity index (χ1v) is 7.35. The summed E-state index contributed by atoms with van der Waals surface area (Å²) in [7, 11) is 0. The maximum absolute atomic E-state index is 12.6. The first-order chi connectivity index (χ1) is 9.47. The van der Waals surface area contributed by atoms with Crippen molar-refractivity contribution in [1.29, 1.82) is 0 Å². The van der Waals surface area contributed by atoms with Gasteiger partial charge in [0.15, 0.2) is 10.3 Å². The van der Waals surface area contributed by atoms with E-state index in [-0.39, 0.29) is 5.41 Å². The molecule has 0 spiro atoms. The third-order valence-electron chi connectivity index (χ3n) is 5.60. The van der Waals surface area contributed by atoms with E-state index < -0.39 is 5.41 Å². The molecule has 2 bridgehead atoms. The first kappa shape index (κ1) is 12.2. The number of fused-ring (bicyclic) bond motifs is 3. The molecule has 0 radical (unpaired) electrons. The van der Waals surface area contributed by atoms with Crippen LogP contribution < -0.4 is 0 Å². The first-order valence-electron chi connectivity index (χ1n) is 6.94. The van der Waals surface area contributed by atoms with Gasteiger partial charge in [0.1, 0.15) is 17.1 Å². The molecule has 2 aliphatic rings. The van der Waals surface area contributed by atoms with Crippen molar-refractivity contribution < 1.29 is 4.79 Å². The van der Waals surface area contributed by atoms with Gasteiger partial charge in [0, 0.05) is 6.42 Å². The van der Waals surface area contributed by atoms with Crippen LogP contribution in [0.3, 0.4) is 0 Å². The Balaban J connectivity index is 2.01. The molecular weight excluding hydrogens is 272 g/mol. The summed E-state index contributed by atoms with van der Waals surface area (Å²) in [4.78, 5) is 27.6. The standard InChI is InChI=1S/C14H16N4OS/c1-13(2)7-3-4-14(13,8(19)5-7)12-17-9-10(18-12)15-6-16-11(9)20/h6-7H,3-5H2,1-2H3,(H2,15,16,17,18,20). The minimum atomic E-state index is -0.480. The summed E-state index contributed by atoms with van der Waals surface area (Å²) in [5, 5.41) is 0. The molecule has 2 heterocycles. The van der Waals surface area contributed by atoms with Crippen LogP contribution in [0.1, 0.15) is 38.9 Å². The second kappa shape index (κ2) is 3.55. The fourth-order valence-corrected chi connectivity index (χ4v) is 4.48. The van der Waals surface area contributed by atoms with E-state index in [9.17, 15) is 4.79 Å². The molecule has 4 rings (SSSR count). The van der Waals surface area contributed by atoms with Gasteiger partial charge in [-0.2, -0.15) is 0 Å². The highest BCUT2D eigenvalue weighted by Crippen LogP contribution is 2.63. The number of hydrogen-bond acceptors (Lipinski definition) is 4. The van der Waals surface area contributed by atoms with E-state index in [0.717, 1.165) is 24.2 Å². The van der Waals surface area contributed by atoms with Crippen LogP contribution in [0, 0.1) is 16.0 Å². The number of Topliss-reactive ketones (excluding diaryl/α,β-unsaturated/α-hetero) is 1. The molecule has 2 aromatic rings. The maximum atomic E-state index is 12.6. The average molecular weight is 288 g/mol. The monoisotopic (exact) mass is 288 g/mol. The minimum Gasteiger partial charge on any atom is -0.337 e. The lowest BCUT2D eigenvalue weighted by molar-refractivity contribution is -0.124. The van der Waals surface area contributed by atoms with Gasteiger partial charge < -0.3 is 9.97 Å². The Morgan fingerprint density at radius 1 is 1.45 bits per heavy atom. The predicted molar refractivity (Wildman–Crippen MR) is 76.9 cm³/mol. The molecule has 2 unspecified atom stereocenters. The second-order valence-corrected chi connectivity index (χ2v) is 6.89. The van der Waals surface area contributed by atoms with Gasteiger partial charge >= 0.3 is 0 Å². The van der Waals surface area contributed by atoms with Crippen molar-refractivity contribution in [3.63, 3.8) is 0 Å². The third-order valence-corrected chi connectivity index (χ3v) is 5.91. The number of rotatable bonds is 1. The second-order valence-electron chi connectivity index (χ2n) is 6.51. The molecule has 104 valence electrons. The van der Waals surface area contributed by atoms with Gasteiger partial charge in [-0.3, -0.25) is 4.79 Å². The van der Waals surface area contributed by atoms with Gasteiger partial charge in [-0.25, -0.2) is 9.97 Å². The van der Waals surface area contributed by atoms with Crippen LogP contribution in [0.5, 0.6) is 0 Å². The molecule has 6 heteroatoms. The molecule has 0 aromatic carbocycles. The fraction of sp³-hybridized carbons (Fsp3) is 0.571. The zero-order valence-electron chi connectivity index (χ0n) is 11.5. The summed E-state index contributed by atoms with van der Waals surface area (Å²) < 4.78 is 0.492. The molecule has 2 N–H and O–H groups in total. The van der Waals surface area contributed by atoms with Gasteiger partial charge in [0.25, 0.3) is 0 Å². The van der Waals surface area contributed by atoms with Crippen LogP contribution in [0.25, 0.3) is 11.2 Å². The lowest BCUT2D eigenvalue weighted by Gasteiger charge is -2.34. The Morgan fingerprint density at radius 3 is 2.85 bits per heavy atom. The van der Waals surface area contributed by atoms with Crippen molar-refractivity contribution in [2.24, 2.45) is 11.3 Å². The third kappa shape index (κ3) is 1.19. The number of aromatic amines is 2. The number of H-pyrrole nitrogens is 2. The van der Waals surface area contributed by atoms with E-state index in [1.54, 1.807) is 6.33 Å². The van der Waals surface area contributed by atoms with E-state index in [1.165, 1.54) is 0 Å². The molecule has 2 atom stereocenters. The van der Waals surface area contributed by atoms with Gasteiger partial charge in [0.2, 0.25) is 0 Å². The molecule has 2 saturated carbocycles. The molecular formula is C14H16N4OS. The number of nitrogens with zero attached hydrogens (tertiary/aromatic N) is 2. The van der Waals surface area contributed by atoms with E-state index in [4.69, 9.17) is 12.2 Å². The highest BCUT2D eigenvalue weighted by molar-refractivity contribution is 7.71. The van der Waals surface area contributed by atoms with Gasteiger partial charge in [-0.05, 0) is 24.2 Å².